The molecule has 39 heavy (non-hydrogen) atoms. The molecule has 6 heteroatoms. The minimum absolute atomic E-state index is 0.00855. The third kappa shape index (κ3) is 4.69. The van der Waals surface area contributed by atoms with Gasteiger partial charge in [0, 0.05) is 31.3 Å². The van der Waals surface area contributed by atoms with Gasteiger partial charge in [-0.15, -0.1) is 0 Å². The van der Waals surface area contributed by atoms with Crippen molar-refractivity contribution in [2.75, 3.05) is 6.61 Å². The first-order chi connectivity index (χ1) is 18.7. The fourth-order valence-electron chi connectivity index (χ4n) is 9.78. The first-order valence-corrected chi connectivity index (χ1v) is 15.3. The van der Waals surface area contributed by atoms with Crippen LogP contribution in [0, 0.1) is 40.4 Å². The molecule has 0 unspecified atom stereocenters. The van der Waals surface area contributed by atoms with E-state index < -0.39 is 0 Å². The van der Waals surface area contributed by atoms with Gasteiger partial charge in [-0.05, 0) is 99.0 Å². The molecule has 4 saturated carbocycles. The summed E-state index contributed by atoms with van der Waals surface area (Å²) in [6, 6.07) is 9.22. The van der Waals surface area contributed by atoms with E-state index in [0.717, 1.165) is 44.9 Å². The summed E-state index contributed by atoms with van der Waals surface area (Å²) in [6.45, 7) is 7.12. The van der Waals surface area contributed by atoms with Gasteiger partial charge >= 0.3 is 5.97 Å². The molecule has 212 valence electrons. The van der Waals surface area contributed by atoms with E-state index >= 15 is 0 Å². The van der Waals surface area contributed by atoms with Gasteiger partial charge in [0.2, 0.25) is 0 Å². The predicted octanol–water partition coefficient (Wildman–Crippen LogP) is 6.16. The average Bonchev–Trinajstić information content (AvgIpc) is 3.27. The van der Waals surface area contributed by atoms with Crippen LogP contribution in [-0.4, -0.2) is 42.6 Å². The minimum atomic E-state index is -0.305. The van der Waals surface area contributed by atoms with E-state index in [9.17, 15) is 14.4 Å². The van der Waals surface area contributed by atoms with Crippen LogP contribution in [0.25, 0.3) is 0 Å². The summed E-state index contributed by atoms with van der Waals surface area (Å²) in [4.78, 5) is 39.1. The van der Waals surface area contributed by atoms with Gasteiger partial charge in [-0.3, -0.25) is 9.59 Å². The summed E-state index contributed by atoms with van der Waals surface area (Å²) in [5.41, 5.74) is 0.262. The van der Waals surface area contributed by atoms with Crippen molar-refractivity contribution in [2.45, 2.75) is 103 Å². The smallest absolute Gasteiger partial charge is 0.338 e. The molecule has 0 bridgehead atoms. The van der Waals surface area contributed by atoms with Crippen molar-refractivity contribution in [3.8, 4) is 0 Å². The highest BCUT2D eigenvalue weighted by Crippen LogP contribution is 2.68. The molecule has 0 spiro atoms. The number of hydrogen-bond donors (Lipinski definition) is 0. The van der Waals surface area contributed by atoms with Gasteiger partial charge in [0.05, 0.1) is 11.7 Å². The van der Waals surface area contributed by atoms with Crippen LogP contribution in [0.4, 0.5) is 0 Å². The molecule has 1 aromatic rings. The summed E-state index contributed by atoms with van der Waals surface area (Å²) in [6.07, 6.45) is 7.76. The quantitative estimate of drug-likeness (QED) is 0.420. The third-order valence-corrected chi connectivity index (χ3v) is 11.6. The Bertz CT molecular complexity index is 1090. The molecule has 0 amide bonds. The maximum Gasteiger partial charge on any atom is 0.338 e. The second-order valence-corrected chi connectivity index (χ2v) is 13.6. The first-order valence-electron chi connectivity index (χ1n) is 15.3. The van der Waals surface area contributed by atoms with E-state index in [2.05, 4.69) is 13.8 Å². The zero-order valence-corrected chi connectivity index (χ0v) is 23.7. The number of Topliss-reactive ketones (excluding diaryl/α,β-unsaturated/α-hetero) is 2. The molecule has 0 aromatic heterocycles. The lowest BCUT2D eigenvalue weighted by Gasteiger charge is -2.64. The topological polar surface area (TPSA) is 78.9 Å². The monoisotopic (exact) mass is 536 g/mol. The standard InChI is InChI=1S/C33H44O6/c1-20(34)24-12-13-25-29-26(39-31(36)21-9-5-4-6-10-21)18-22-17-23(35)14-15-32(22,2)30(29)27(19-33(24,25)3)38-28-11-7-8-16-37-28/h4-6,9-10,22,24-30H,7-8,11-19H2,1-3H3/t22-,24+,25-,26-,27+,28-,29+,30-,32-,33+/m0/s1. The Hall–Kier alpha value is -2.05. The number of ketones is 2. The molecule has 0 N–H and O–H groups in total. The molecule has 10 atom stereocenters. The Morgan fingerprint density at radius 1 is 1.00 bits per heavy atom. The average molecular weight is 537 g/mol. The SMILES string of the molecule is CC(=O)[C@H]1CC[C@H]2[C@H]3[C@H]([C@H](O[C@H]4CCCCO4)C[C@]12C)[C@@]1(C)CCC(=O)C[C@H]1C[C@@H]3OC(=O)c1ccccc1. The van der Waals surface area contributed by atoms with Crippen molar-refractivity contribution >= 4 is 17.5 Å². The van der Waals surface area contributed by atoms with E-state index in [1.54, 1.807) is 19.1 Å². The number of carbonyl (C=O) groups excluding carboxylic acids is 3. The molecular formula is C33H44O6. The molecule has 6 nitrogen and oxygen atoms in total. The van der Waals surface area contributed by atoms with Crippen LogP contribution in [0.1, 0.15) is 95.3 Å². The largest absolute Gasteiger partial charge is 0.458 e. The summed E-state index contributed by atoms with van der Waals surface area (Å²) in [5.74, 6) is 0.921. The van der Waals surface area contributed by atoms with E-state index in [0.29, 0.717) is 37.2 Å². The van der Waals surface area contributed by atoms with Crippen molar-refractivity contribution < 1.29 is 28.6 Å². The Kier molecular flexibility index (Phi) is 7.24. The van der Waals surface area contributed by atoms with Gasteiger partial charge < -0.3 is 14.2 Å². The van der Waals surface area contributed by atoms with E-state index in [-0.39, 0.29) is 70.7 Å². The van der Waals surface area contributed by atoms with Crippen molar-refractivity contribution in [3.05, 3.63) is 35.9 Å². The molecule has 1 heterocycles. The molecule has 1 aliphatic heterocycles. The summed E-state index contributed by atoms with van der Waals surface area (Å²) in [7, 11) is 0. The number of ether oxygens (including phenoxy) is 3. The third-order valence-electron chi connectivity index (χ3n) is 11.6. The summed E-state index contributed by atoms with van der Waals surface area (Å²) >= 11 is 0. The number of fused-ring (bicyclic) bond motifs is 5. The Labute approximate surface area is 232 Å². The molecule has 6 rings (SSSR count). The lowest BCUT2D eigenvalue weighted by molar-refractivity contribution is -0.265. The van der Waals surface area contributed by atoms with Gasteiger partial charge in [0.25, 0.3) is 0 Å². The van der Waals surface area contributed by atoms with Gasteiger partial charge in [-0.1, -0.05) is 32.0 Å². The van der Waals surface area contributed by atoms with E-state index in [1.165, 1.54) is 0 Å². The second kappa shape index (κ2) is 10.4. The van der Waals surface area contributed by atoms with Crippen LogP contribution in [0.2, 0.25) is 0 Å². The van der Waals surface area contributed by atoms with Crippen molar-refractivity contribution in [1.29, 1.82) is 0 Å². The number of rotatable bonds is 5. The number of carbonyl (C=O) groups is 3. The highest BCUT2D eigenvalue weighted by Gasteiger charge is 2.67. The fraction of sp³-hybridized carbons (Fsp3) is 0.727. The number of esters is 1. The lowest BCUT2D eigenvalue weighted by Crippen LogP contribution is -2.64. The normalized spacial score (nSPS) is 43.6. The predicted molar refractivity (Wildman–Crippen MR) is 146 cm³/mol. The highest BCUT2D eigenvalue weighted by atomic mass is 16.7. The molecular weight excluding hydrogens is 492 g/mol. The van der Waals surface area contributed by atoms with E-state index in [4.69, 9.17) is 14.2 Å². The zero-order valence-electron chi connectivity index (χ0n) is 23.7. The second-order valence-electron chi connectivity index (χ2n) is 13.6. The lowest BCUT2D eigenvalue weighted by atomic mass is 9.43. The Morgan fingerprint density at radius 3 is 2.51 bits per heavy atom. The molecule has 1 saturated heterocycles. The molecule has 1 aromatic carbocycles. The van der Waals surface area contributed by atoms with Crippen molar-refractivity contribution in [3.63, 3.8) is 0 Å². The molecule has 5 fully saturated rings. The van der Waals surface area contributed by atoms with Crippen LogP contribution in [-0.2, 0) is 23.8 Å². The van der Waals surface area contributed by atoms with Gasteiger partial charge in [-0.2, -0.15) is 0 Å². The summed E-state index contributed by atoms with van der Waals surface area (Å²) in [5, 5.41) is 0. The summed E-state index contributed by atoms with van der Waals surface area (Å²) < 4.78 is 19.5. The first kappa shape index (κ1) is 27.1. The zero-order chi connectivity index (χ0) is 27.4. The highest BCUT2D eigenvalue weighted by molar-refractivity contribution is 5.89. The maximum atomic E-state index is 13.4. The van der Waals surface area contributed by atoms with Crippen LogP contribution in [0.5, 0.6) is 0 Å². The van der Waals surface area contributed by atoms with Crippen molar-refractivity contribution in [2.24, 2.45) is 40.4 Å². The van der Waals surface area contributed by atoms with Crippen LogP contribution in [0.3, 0.4) is 0 Å². The van der Waals surface area contributed by atoms with Gasteiger partial charge in [-0.25, -0.2) is 4.79 Å². The van der Waals surface area contributed by atoms with Crippen LogP contribution < -0.4 is 0 Å². The van der Waals surface area contributed by atoms with Crippen LogP contribution >= 0.6 is 0 Å². The Balaban J connectivity index is 1.41. The number of benzene rings is 1. The van der Waals surface area contributed by atoms with Gasteiger partial charge in [0.1, 0.15) is 17.7 Å². The van der Waals surface area contributed by atoms with Crippen LogP contribution in [0.15, 0.2) is 30.3 Å². The molecule has 5 aliphatic rings. The fourth-order valence-corrected chi connectivity index (χ4v) is 9.78. The maximum absolute atomic E-state index is 13.4. The van der Waals surface area contributed by atoms with E-state index in [1.807, 2.05) is 18.2 Å². The molecule has 4 aliphatic carbocycles. The number of hydrogen-bond acceptors (Lipinski definition) is 6. The van der Waals surface area contributed by atoms with Crippen molar-refractivity contribution in [1.82, 2.24) is 0 Å². The van der Waals surface area contributed by atoms with Gasteiger partial charge in [0.15, 0.2) is 6.29 Å². The Morgan fingerprint density at radius 2 is 1.79 bits per heavy atom. The molecule has 0 radical (unpaired) electrons. The minimum Gasteiger partial charge on any atom is -0.458 e.